The second-order valence-electron chi connectivity index (χ2n) is 11.3. The van der Waals surface area contributed by atoms with Gasteiger partial charge in [0.2, 0.25) is 5.95 Å². The Morgan fingerprint density at radius 3 is 2.25 bits per heavy atom. The molecule has 0 atom stereocenters. The lowest BCUT2D eigenvalue weighted by molar-refractivity contribution is 0.0696. The molecule has 170 valence electrons. The van der Waals surface area contributed by atoms with Gasteiger partial charge in [0.15, 0.2) is 0 Å². The van der Waals surface area contributed by atoms with Crippen LogP contribution in [0.1, 0.15) is 88.7 Å². The monoisotopic (exact) mass is 433 g/mol. The number of aromatic carboxylic acids is 1. The smallest absolute Gasteiger partial charge is 0.335 e. The maximum atomic E-state index is 11.5. The Bertz CT molecular complexity index is 1120. The predicted molar refractivity (Wildman–Crippen MR) is 131 cm³/mol. The number of carbonyl (C=O) groups is 1. The minimum absolute atomic E-state index is 0.222. The maximum absolute atomic E-state index is 11.5. The zero-order valence-electron chi connectivity index (χ0n) is 20.1. The Labute approximate surface area is 190 Å². The first-order valence-electron chi connectivity index (χ1n) is 11.6. The van der Waals surface area contributed by atoms with Gasteiger partial charge in [0.1, 0.15) is 0 Å². The van der Waals surface area contributed by atoms with Crippen LogP contribution in [0.3, 0.4) is 0 Å². The van der Waals surface area contributed by atoms with Crippen LogP contribution in [-0.4, -0.2) is 20.6 Å². The molecular formula is C27H35N3O2. The Balaban J connectivity index is 1.80. The lowest BCUT2D eigenvalue weighted by atomic mass is 9.63. The third-order valence-electron chi connectivity index (χ3n) is 6.67. The molecule has 32 heavy (non-hydrogen) atoms. The van der Waals surface area contributed by atoms with Gasteiger partial charge in [0.05, 0.1) is 16.6 Å². The number of rotatable bonds is 5. The number of hydrogen-bond acceptors (Lipinski definition) is 3. The van der Waals surface area contributed by atoms with Crippen LogP contribution in [0.4, 0.5) is 11.6 Å². The van der Waals surface area contributed by atoms with Crippen LogP contribution in [0, 0.1) is 10.8 Å². The summed E-state index contributed by atoms with van der Waals surface area (Å²) in [7, 11) is 0. The molecule has 0 bridgehead atoms. The summed E-state index contributed by atoms with van der Waals surface area (Å²) < 4.78 is 2.31. The van der Waals surface area contributed by atoms with E-state index in [9.17, 15) is 9.90 Å². The fraction of sp³-hybridized carbons (Fsp3) is 0.481. The van der Waals surface area contributed by atoms with E-state index in [0.29, 0.717) is 11.4 Å². The van der Waals surface area contributed by atoms with Crippen LogP contribution in [-0.2, 0) is 0 Å². The molecule has 1 heterocycles. The molecule has 0 amide bonds. The van der Waals surface area contributed by atoms with Crippen molar-refractivity contribution in [3.05, 3.63) is 53.6 Å². The van der Waals surface area contributed by atoms with Crippen LogP contribution in [0.15, 0.2) is 42.5 Å². The van der Waals surface area contributed by atoms with Crippen molar-refractivity contribution in [3.8, 4) is 0 Å². The van der Waals surface area contributed by atoms with Gasteiger partial charge in [0, 0.05) is 11.7 Å². The summed E-state index contributed by atoms with van der Waals surface area (Å²) in [5.74, 6) is 0.327. The lowest BCUT2D eigenvalue weighted by Crippen LogP contribution is -2.35. The van der Waals surface area contributed by atoms with E-state index < -0.39 is 5.97 Å². The van der Waals surface area contributed by atoms with Crippen molar-refractivity contribution in [1.29, 1.82) is 0 Å². The quantitative estimate of drug-likeness (QED) is 0.440. The van der Waals surface area contributed by atoms with E-state index in [-0.39, 0.29) is 22.4 Å². The lowest BCUT2D eigenvalue weighted by Gasteiger charge is -2.45. The predicted octanol–water partition coefficient (Wildman–Crippen LogP) is 7.38. The molecule has 4 rings (SSSR count). The van der Waals surface area contributed by atoms with Crippen LogP contribution in [0.2, 0.25) is 0 Å². The van der Waals surface area contributed by atoms with Gasteiger partial charge < -0.3 is 15.0 Å². The number of carboxylic acid groups (broad SMARTS) is 1. The Hall–Kier alpha value is -2.82. The van der Waals surface area contributed by atoms with Crippen molar-refractivity contribution in [2.24, 2.45) is 10.8 Å². The van der Waals surface area contributed by atoms with Gasteiger partial charge in [-0.15, -0.1) is 0 Å². The molecule has 0 unspecified atom stereocenters. The van der Waals surface area contributed by atoms with Gasteiger partial charge in [-0.1, -0.05) is 53.7 Å². The second-order valence-corrected chi connectivity index (χ2v) is 11.3. The highest BCUT2D eigenvalue weighted by molar-refractivity contribution is 5.93. The van der Waals surface area contributed by atoms with Gasteiger partial charge in [-0.05, 0) is 71.9 Å². The van der Waals surface area contributed by atoms with E-state index in [1.165, 1.54) is 12.0 Å². The van der Waals surface area contributed by atoms with Gasteiger partial charge in [0.25, 0.3) is 0 Å². The summed E-state index contributed by atoms with van der Waals surface area (Å²) in [5, 5.41) is 13.0. The summed E-state index contributed by atoms with van der Waals surface area (Å²) in [5.41, 5.74) is 4.69. The number of imidazole rings is 1. The van der Waals surface area contributed by atoms with Gasteiger partial charge in [-0.2, -0.15) is 0 Å². The largest absolute Gasteiger partial charge is 0.478 e. The molecule has 0 aliphatic heterocycles. The molecule has 0 saturated heterocycles. The maximum Gasteiger partial charge on any atom is 0.335 e. The molecule has 5 nitrogen and oxygen atoms in total. The highest BCUT2D eigenvalue weighted by atomic mass is 16.4. The fourth-order valence-corrected chi connectivity index (χ4v) is 5.74. The molecule has 1 aliphatic carbocycles. The third-order valence-corrected chi connectivity index (χ3v) is 6.67. The summed E-state index contributed by atoms with van der Waals surface area (Å²) in [4.78, 5) is 16.4. The van der Waals surface area contributed by atoms with Crippen molar-refractivity contribution in [2.45, 2.75) is 72.8 Å². The van der Waals surface area contributed by atoms with E-state index in [0.717, 1.165) is 30.0 Å². The van der Waals surface area contributed by atoms with E-state index in [1.807, 2.05) is 6.07 Å². The fourth-order valence-electron chi connectivity index (χ4n) is 5.74. The van der Waals surface area contributed by atoms with Crippen molar-refractivity contribution in [1.82, 2.24) is 9.55 Å². The van der Waals surface area contributed by atoms with Gasteiger partial charge in [-0.3, -0.25) is 0 Å². The number of carboxylic acids is 1. The topological polar surface area (TPSA) is 67.2 Å². The molecule has 3 aromatic rings. The first kappa shape index (κ1) is 22.4. The minimum Gasteiger partial charge on any atom is -0.478 e. The number of nitrogens with one attached hydrogen (secondary N) is 1. The molecule has 0 radical (unpaired) electrons. The van der Waals surface area contributed by atoms with Crippen molar-refractivity contribution in [3.63, 3.8) is 0 Å². The average molecular weight is 434 g/mol. The molecule has 2 N–H and O–H groups in total. The van der Waals surface area contributed by atoms with Crippen molar-refractivity contribution < 1.29 is 9.90 Å². The van der Waals surface area contributed by atoms with Crippen LogP contribution < -0.4 is 5.32 Å². The van der Waals surface area contributed by atoms with Gasteiger partial charge >= 0.3 is 5.97 Å². The highest BCUT2D eigenvalue weighted by Gasteiger charge is 2.40. The molecule has 1 fully saturated rings. The van der Waals surface area contributed by atoms with E-state index >= 15 is 0 Å². The Morgan fingerprint density at radius 2 is 1.69 bits per heavy atom. The molecule has 0 spiro atoms. The highest BCUT2D eigenvalue weighted by Crippen LogP contribution is 2.51. The van der Waals surface area contributed by atoms with Crippen LogP contribution in [0.5, 0.6) is 0 Å². The van der Waals surface area contributed by atoms with E-state index in [1.54, 1.807) is 12.1 Å². The number of fused-ring (bicyclic) bond motifs is 1. The van der Waals surface area contributed by atoms with Crippen molar-refractivity contribution >= 4 is 28.6 Å². The van der Waals surface area contributed by atoms with E-state index in [4.69, 9.17) is 4.98 Å². The molecule has 5 heteroatoms. The van der Waals surface area contributed by atoms with Crippen molar-refractivity contribution in [2.75, 3.05) is 5.32 Å². The SMILES string of the molecule is CC(C)c1ccc(Nc2nc3cc(C(=O)O)ccc3n2C2CC(C)(C)CC(C)(C)C2)cc1. The third kappa shape index (κ3) is 4.52. The van der Waals surface area contributed by atoms with Gasteiger partial charge in [-0.25, -0.2) is 9.78 Å². The van der Waals surface area contributed by atoms with Crippen LogP contribution in [0.25, 0.3) is 11.0 Å². The molecule has 2 aromatic carbocycles. The van der Waals surface area contributed by atoms with E-state index in [2.05, 4.69) is 75.7 Å². The average Bonchev–Trinajstić information content (AvgIpc) is 3.02. The molecule has 1 aliphatic rings. The molecule has 1 aromatic heterocycles. The first-order valence-corrected chi connectivity index (χ1v) is 11.6. The Morgan fingerprint density at radius 1 is 1.06 bits per heavy atom. The number of aromatic nitrogens is 2. The summed E-state index contributed by atoms with van der Waals surface area (Å²) in [6, 6.07) is 14.0. The standard InChI is InChI=1S/C27H35N3O2/c1-17(2)18-7-10-20(11-8-18)28-25-29-22-13-19(24(31)32)9-12-23(22)30(25)21-14-26(3,4)16-27(5,6)15-21/h7-13,17,21H,14-16H2,1-6H3,(H,28,29)(H,31,32). The summed E-state index contributed by atoms with van der Waals surface area (Å²) in [6.45, 7) is 13.8. The molecule has 1 saturated carbocycles. The number of anilines is 2. The number of nitrogens with zero attached hydrogens (tertiary/aromatic N) is 2. The second kappa shape index (κ2) is 7.95. The molecular weight excluding hydrogens is 398 g/mol. The number of hydrogen-bond donors (Lipinski definition) is 2. The summed E-state index contributed by atoms with van der Waals surface area (Å²) in [6.07, 6.45) is 3.30. The normalized spacial score (nSPS) is 18.2. The minimum atomic E-state index is -0.930. The first-order chi connectivity index (χ1) is 14.9. The number of benzene rings is 2. The van der Waals surface area contributed by atoms with Crippen LogP contribution >= 0.6 is 0 Å². The summed E-state index contributed by atoms with van der Waals surface area (Å²) >= 11 is 0. The zero-order chi connectivity index (χ0) is 23.3. The Kier molecular flexibility index (Phi) is 5.56. The zero-order valence-corrected chi connectivity index (χ0v) is 20.1.